The monoisotopic (exact) mass is 423 g/mol. The Bertz CT molecular complexity index is 1120. The van der Waals surface area contributed by atoms with Crippen LogP contribution in [0.15, 0.2) is 72.8 Å². The van der Waals surface area contributed by atoms with Crippen molar-refractivity contribution in [2.45, 2.75) is 19.0 Å². The number of halogens is 2. The lowest BCUT2D eigenvalue weighted by atomic mass is 9.95. The zero-order valence-corrected chi connectivity index (χ0v) is 16.4. The highest BCUT2D eigenvalue weighted by molar-refractivity contribution is 6.46. The largest absolute Gasteiger partial charge is 0.507 e. The van der Waals surface area contributed by atoms with Crippen LogP contribution in [0.2, 0.25) is 0 Å². The molecule has 0 saturated carbocycles. The molecule has 0 unspecified atom stereocenters. The minimum absolute atomic E-state index is 0.106. The number of aliphatic hydroxyl groups excluding tert-OH is 1. The molecule has 0 radical (unpaired) electrons. The van der Waals surface area contributed by atoms with Crippen LogP contribution in [-0.4, -0.2) is 37.8 Å². The first-order valence-corrected chi connectivity index (χ1v) is 9.71. The van der Waals surface area contributed by atoms with Crippen LogP contribution < -0.4 is 0 Å². The minimum atomic E-state index is -0.881. The number of Topliss-reactive ketones (excluding diaryl/α,β-unsaturated/α-hetero) is 1. The van der Waals surface area contributed by atoms with Gasteiger partial charge in [0, 0.05) is 31.0 Å². The normalized spacial score (nSPS) is 18.0. The number of ketones is 1. The number of nitrogens with zero attached hydrogens (tertiary/aromatic N) is 3. The Kier molecular flexibility index (Phi) is 5.62. The molecule has 1 amide bonds. The number of carbonyl (C=O) groups is 2. The summed E-state index contributed by atoms with van der Waals surface area (Å²) in [7, 11) is 0. The van der Waals surface area contributed by atoms with Crippen molar-refractivity contribution >= 4 is 17.4 Å². The molecule has 1 aliphatic rings. The first kappa shape index (κ1) is 20.5. The summed E-state index contributed by atoms with van der Waals surface area (Å²) in [6.07, 6.45) is 5.63. The average molecular weight is 423 g/mol. The van der Waals surface area contributed by atoms with Gasteiger partial charge in [0.15, 0.2) is 0 Å². The van der Waals surface area contributed by atoms with Crippen LogP contribution >= 0.6 is 0 Å². The number of aryl methyl sites for hydroxylation is 1. The maximum Gasteiger partial charge on any atom is 0.295 e. The van der Waals surface area contributed by atoms with Gasteiger partial charge in [-0.2, -0.15) is 0 Å². The topological polar surface area (TPSA) is 75.4 Å². The highest BCUT2D eigenvalue weighted by Crippen LogP contribution is 2.39. The quantitative estimate of drug-likeness (QED) is 0.373. The molecule has 4 rings (SSSR count). The van der Waals surface area contributed by atoms with Crippen molar-refractivity contribution in [1.82, 2.24) is 14.5 Å². The Morgan fingerprint density at radius 1 is 0.968 bits per heavy atom. The van der Waals surface area contributed by atoms with Crippen LogP contribution in [-0.2, 0) is 16.1 Å². The molecule has 0 aliphatic carbocycles. The van der Waals surface area contributed by atoms with Crippen LogP contribution in [0.4, 0.5) is 8.78 Å². The van der Waals surface area contributed by atoms with Gasteiger partial charge in [-0.1, -0.05) is 12.1 Å². The van der Waals surface area contributed by atoms with E-state index in [4.69, 9.17) is 0 Å². The van der Waals surface area contributed by atoms with Gasteiger partial charge < -0.3 is 14.6 Å². The molecule has 1 atom stereocenters. The van der Waals surface area contributed by atoms with Crippen LogP contribution in [0.25, 0.3) is 5.76 Å². The predicted octanol–water partition coefficient (Wildman–Crippen LogP) is 3.67. The van der Waals surface area contributed by atoms with Crippen molar-refractivity contribution in [2.75, 3.05) is 6.54 Å². The number of imidazole rings is 1. The maximum absolute atomic E-state index is 13.5. The van der Waals surface area contributed by atoms with Gasteiger partial charge in [-0.05, 0) is 48.4 Å². The molecule has 1 aromatic heterocycles. The Morgan fingerprint density at radius 3 is 2.23 bits per heavy atom. The SMILES string of the molecule is O=C1C(=O)N(CCCn2ccnc2)[C@H](c2ccc(F)cc2)C1=C(O)c1ccc(F)cc1. The number of rotatable bonds is 6. The smallest absolute Gasteiger partial charge is 0.295 e. The number of carbonyl (C=O) groups excluding carboxylic acids is 2. The molecule has 31 heavy (non-hydrogen) atoms. The van der Waals surface area contributed by atoms with Gasteiger partial charge in [0.1, 0.15) is 17.4 Å². The molecule has 6 nitrogen and oxygen atoms in total. The maximum atomic E-state index is 13.5. The number of hydrogen-bond acceptors (Lipinski definition) is 4. The molecule has 2 heterocycles. The van der Waals surface area contributed by atoms with Gasteiger partial charge in [0.05, 0.1) is 17.9 Å². The molecule has 1 aliphatic heterocycles. The van der Waals surface area contributed by atoms with E-state index in [9.17, 15) is 23.5 Å². The van der Waals surface area contributed by atoms with Gasteiger partial charge >= 0.3 is 0 Å². The summed E-state index contributed by atoms with van der Waals surface area (Å²) in [5, 5.41) is 10.9. The van der Waals surface area contributed by atoms with Gasteiger partial charge in [-0.25, -0.2) is 13.8 Å². The molecule has 1 N–H and O–H groups in total. The highest BCUT2D eigenvalue weighted by atomic mass is 19.1. The van der Waals surface area contributed by atoms with Crippen molar-refractivity contribution in [3.63, 3.8) is 0 Å². The number of aliphatic hydroxyl groups is 1. The number of aromatic nitrogens is 2. The molecule has 158 valence electrons. The Morgan fingerprint density at radius 2 is 1.61 bits per heavy atom. The summed E-state index contributed by atoms with van der Waals surface area (Å²) in [5.74, 6) is -2.93. The van der Waals surface area contributed by atoms with Crippen molar-refractivity contribution < 1.29 is 23.5 Å². The Balaban J connectivity index is 1.72. The van der Waals surface area contributed by atoms with Crippen LogP contribution in [0.1, 0.15) is 23.6 Å². The second-order valence-electron chi connectivity index (χ2n) is 7.20. The predicted molar refractivity (Wildman–Crippen MR) is 109 cm³/mol. The molecule has 0 bridgehead atoms. The van der Waals surface area contributed by atoms with Crippen molar-refractivity contribution in [3.05, 3.63) is 95.6 Å². The van der Waals surface area contributed by atoms with Crippen molar-refractivity contribution in [1.29, 1.82) is 0 Å². The molecule has 8 heteroatoms. The van der Waals surface area contributed by atoms with Gasteiger partial charge in [0.2, 0.25) is 0 Å². The summed E-state index contributed by atoms with van der Waals surface area (Å²) in [5.41, 5.74) is 0.600. The van der Waals surface area contributed by atoms with E-state index in [0.29, 0.717) is 18.5 Å². The van der Waals surface area contributed by atoms with E-state index in [-0.39, 0.29) is 17.7 Å². The van der Waals surface area contributed by atoms with Crippen LogP contribution in [0.5, 0.6) is 0 Å². The summed E-state index contributed by atoms with van der Waals surface area (Å²) in [6.45, 7) is 0.822. The zero-order valence-electron chi connectivity index (χ0n) is 16.4. The van der Waals surface area contributed by atoms with E-state index in [1.165, 1.54) is 41.3 Å². The molecule has 1 saturated heterocycles. The number of benzene rings is 2. The van der Waals surface area contributed by atoms with Crippen molar-refractivity contribution in [3.8, 4) is 0 Å². The summed E-state index contributed by atoms with van der Waals surface area (Å²) >= 11 is 0. The fraction of sp³-hybridized carbons (Fsp3) is 0.174. The molecule has 2 aromatic carbocycles. The van der Waals surface area contributed by atoms with E-state index in [2.05, 4.69) is 4.98 Å². The van der Waals surface area contributed by atoms with Crippen molar-refractivity contribution in [2.24, 2.45) is 0 Å². The van der Waals surface area contributed by atoms with Crippen LogP contribution in [0.3, 0.4) is 0 Å². The van der Waals surface area contributed by atoms with E-state index >= 15 is 0 Å². The number of hydrogen-bond donors (Lipinski definition) is 1. The fourth-order valence-corrected chi connectivity index (χ4v) is 3.71. The Hall–Kier alpha value is -3.81. The third kappa shape index (κ3) is 4.09. The molecule has 0 spiro atoms. The minimum Gasteiger partial charge on any atom is -0.507 e. The molecular weight excluding hydrogens is 404 g/mol. The lowest BCUT2D eigenvalue weighted by molar-refractivity contribution is -0.139. The molecule has 1 fully saturated rings. The second kappa shape index (κ2) is 8.51. The van der Waals surface area contributed by atoms with E-state index < -0.39 is 35.1 Å². The molecule has 3 aromatic rings. The van der Waals surface area contributed by atoms with Gasteiger partial charge in [-0.3, -0.25) is 9.59 Å². The number of amides is 1. The van der Waals surface area contributed by atoms with E-state index in [1.807, 2.05) is 4.57 Å². The highest BCUT2D eigenvalue weighted by Gasteiger charge is 2.45. The van der Waals surface area contributed by atoms with Gasteiger partial charge in [-0.15, -0.1) is 0 Å². The fourth-order valence-electron chi connectivity index (χ4n) is 3.71. The van der Waals surface area contributed by atoms with E-state index in [0.717, 1.165) is 12.1 Å². The van der Waals surface area contributed by atoms with E-state index in [1.54, 1.807) is 18.7 Å². The zero-order chi connectivity index (χ0) is 22.0. The third-order valence-electron chi connectivity index (χ3n) is 5.22. The third-order valence-corrected chi connectivity index (χ3v) is 5.22. The first-order valence-electron chi connectivity index (χ1n) is 9.71. The summed E-state index contributed by atoms with van der Waals surface area (Å²) in [4.78, 5) is 31.0. The second-order valence-corrected chi connectivity index (χ2v) is 7.20. The van der Waals surface area contributed by atoms with Gasteiger partial charge in [0.25, 0.3) is 11.7 Å². The lowest BCUT2D eigenvalue weighted by Crippen LogP contribution is -2.31. The number of likely N-dealkylation sites (tertiary alicyclic amines) is 1. The summed E-state index contributed by atoms with van der Waals surface area (Å²) < 4.78 is 28.6. The molecular formula is C23H19F2N3O3. The standard InChI is InChI=1S/C23H19F2N3O3/c24-17-6-2-15(3-7-17)20-19(21(29)16-4-8-18(25)9-5-16)22(30)23(31)28(20)12-1-11-27-13-10-26-14-27/h2-10,13-14,20,29H,1,11-12H2/t20-/m1/s1. The first-order chi connectivity index (χ1) is 15.0. The summed E-state index contributed by atoms with van der Waals surface area (Å²) in [6, 6.07) is 9.52. The lowest BCUT2D eigenvalue weighted by Gasteiger charge is -2.25. The Labute approximate surface area is 177 Å². The average Bonchev–Trinajstić information content (AvgIpc) is 3.37. The van der Waals surface area contributed by atoms with Crippen LogP contribution in [0, 0.1) is 11.6 Å².